The van der Waals surface area contributed by atoms with Crippen molar-refractivity contribution in [2.75, 3.05) is 11.6 Å². The van der Waals surface area contributed by atoms with Crippen LogP contribution in [0.15, 0.2) is 41.3 Å². The molecule has 2 rings (SSSR count). The lowest BCUT2D eigenvalue weighted by Gasteiger charge is -2.13. The van der Waals surface area contributed by atoms with Gasteiger partial charge >= 0.3 is 0 Å². The minimum absolute atomic E-state index is 0.135. The van der Waals surface area contributed by atoms with Gasteiger partial charge < -0.3 is 5.32 Å². The van der Waals surface area contributed by atoms with E-state index in [0.717, 1.165) is 16.0 Å². The fourth-order valence-electron chi connectivity index (χ4n) is 2.09. The van der Waals surface area contributed by atoms with Gasteiger partial charge in [-0.2, -0.15) is 0 Å². The van der Waals surface area contributed by atoms with Crippen molar-refractivity contribution in [2.24, 2.45) is 0 Å². The van der Waals surface area contributed by atoms with E-state index in [1.807, 2.05) is 56.5 Å². The summed E-state index contributed by atoms with van der Waals surface area (Å²) >= 11 is 7.77. The van der Waals surface area contributed by atoms with Gasteiger partial charge in [-0.05, 0) is 49.4 Å². The molecule has 0 saturated heterocycles. The molecule has 0 aliphatic carbocycles. The minimum atomic E-state index is -0.135. The van der Waals surface area contributed by atoms with Crippen molar-refractivity contribution < 1.29 is 4.79 Å². The highest BCUT2D eigenvalue weighted by Gasteiger charge is 2.13. The van der Waals surface area contributed by atoms with E-state index in [1.165, 1.54) is 0 Å². The Labute approximate surface area is 128 Å². The van der Waals surface area contributed by atoms with Crippen LogP contribution in [0.3, 0.4) is 0 Å². The summed E-state index contributed by atoms with van der Waals surface area (Å²) < 4.78 is 0. The third-order valence-electron chi connectivity index (χ3n) is 3.02. The van der Waals surface area contributed by atoms with E-state index in [-0.39, 0.29) is 5.91 Å². The number of carbonyl (C=O) groups is 1. The Kier molecular flexibility index (Phi) is 4.73. The molecule has 2 aromatic carbocycles. The molecule has 0 atom stereocenters. The van der Waals surface area contributed by atoms with E-state index >= 15 is 0 Å². The molecule has 104 valence electrons. The molecule has 0 radical (unpaired) electrons. The SMILES string of the molecule is CSc1ccccc1C(=O)Nc1c(C)cc(C)cc1Cl. The Balaban J connectivity index is 2.33. The van der Waals surface area contributed by atoms with Crippen molar-refractivity contribution in [3.05, 3.63) is 58.1 Å². The molecule has 1 N–H and O–H groups in total. The molecular weight excluding hydrogens is 290 g/mol. The van der Waals surface area contributed by atoms with E-state index in [1.54, 1.807) is 11.8 Å². The summed E-state index contributed by atoms with van der Waals surface area (Å²) in [7, 11) is 0. The molecule has 1 amide bonds. The molecular formula is C16H16ClNOS. The average Bonchev–Trinajstić information content (AvgIpc) is 2.42. The van der Waals surface area contributed by atoms with Crippen molar-refractivity contribution in [3.63, 3.8) is 0 Å². The molecule has 2 aromatic rings. The van der Waals surface area contributed by atoms with Crippen LogP contribution in [-0.2, 0) is 0 Å². The zero-order valence-electron chi connectivity index (χ0n) is 11.7. The monoisotopic (exact) mass is 305 g/mol. The molecule has 0 aliphatic heterocycles. The van der Waals surface area contributed by atoms with E-state index < -0.39 is 0 Å². The molecule has 0 heterocycles. The highest BCUT2D eigenvalue weighted by Crippen LogP contribution is 2.29. The topological polar surface area (TPSA) is 29.1 Å². The summed E-state index contributed by atoms with van der Waals surface area (Å²) in [6.07, 6.45) is 1.95. The molecule has 0 aliphatic rings. The third-order valence-corrected chi connectivity index (χ3v) is 4.12. The number of rotatable bonds is 3. The Morgan fingerprint density at radius 3 is 2.55 bits per heavy atom. The summed E-state index contributed by atoms with van der Waals surface area (Å²) in [5.41, 5.74) is 3.38. The number of anilines is 1. The maximum atomic E-state index is 12.4. The predicted octanol–water partition coefficient (Wildman–Crippen LogP) is 4.93. The third kappa shape index (κ3) is 3.17. The van der Waals surface area contributed by atoms with Crippen LogP contribution in [0.1, 0.15) is 21.5 Å². The maximum absolute atomic E-state index is 12.4. The largest absolute Gasteiger partial charge is 0.320 e. The van der Waals surface area contributed by atoms with E-state index in [4.69, 9.17) is 11.6 Å². The Morgan fingerprint density at radius 1 is 1.20 bits per heavy atom. The van der Waals surface area contributed by atoms with Gasteiger partial charge in [-0.15, -0.1) is 11.8 Å². The van der Waals surface area contributed by atoms with Crippen LogP contribution in [0, 0.1) is 13.8 Å². The van der Waals surface area contributed by atoms with Gasteiger partial charge in [0, 0.05) is 4.90 Å². The van der Waals surface area contributed by atoms with Crippen molar-refractivity contribution in [2.45, 2.75) is 18.7 Å². The van der Waals surface area contributed by atoms with Crippen LogP contribution in [0.5, 0.6) is 0 Å². The van der Waals surface area contributed by atoms with Crippen LogP contribution >= 0.6 is 23.4 Å². The van der Waals surface area contributed by atoms with Crippen molar-refractivity contribution >= 4 is 35.0 Å². The predicted molar refractivity (Wildman–Crippen MR) is 87.1 cm³/mol. The van der Waals surface area contributed by atoms with Gasteiger partial charge in [0.25, 0.3) is 5.91 Å². The van der Waals surface area contributed by atoms with Crippen molar-refractivity contribution in [1.82, 2.24) is 0 Å². The van der Waals surface area contributed by atoms with Crippen LogP contribution in [-0.4, -0.2) is 12.2 Å². The van der Waals surface area contributed by atoms with Gasteiger partial charge in [0.1, 0.15) is 0 Å². The smallest absolute Gasteiger partial charge is 0.256 e. The van der Waals surface area contributed by atoms with Crippen LogP contribution in [0.4, 0.5) is 5.69 Å². The average molecular weight is 306 g/mol. The van der Waals surface area contributed by atoms with Crippen LogP contribution in [0.25, 0.3) is 0 Å². The fraction of sp³-hybridized carbons (Fsp3) is 0.188. The van der Waals surface area contributed by atoms with Crippen LogP contribution < -0.4 is 5.32 Å². The first-order chi connectivity index (χ1) is 9.52. The van der Waals surface area contributed by atoms with Crippen LogP contribution in [0.2, 0.25) is 5.02 Å². The molecule has 0 saturated carbocycles. The lowest BCUT2D eigenvalue weighted by Crippen LogP contribution is -2.14. The Morgan fingerprint density at radius 2 is 1.90 bits per heavy atom. The number of amides is 1. The number of benzene rings is 2. The Hall–Kier alpha value is -1.45. The Bertz CT molecular complexity index is 632. The van der Waals surface area contributed by atoms with Gasteiger partial charge in [0.05, 0.1) is 16.3 Å². The highest BCUT2D eigenvalue weighted by atomic mass is 35.5. The quantitative estimate of drug-likeness (QED) is 0.815. The lowest BCUT2D eigenvalue weighted by molar-refractivity contribution is 0.102. The second-order valence-corrected chi connectivity index (χ2v) is 5.85. The van der Waals surface area contributed by atoms with Gasteiger partial charge in [-0.25, -0.2) is 0 Å². The van der Waals surface area contributed by atoms with E-state index in [2.05, 4.69) is 5.32 Å². The first-order valence-corrected chi connectivity index (χ1v) is 7.84. The number of carbonyl (C=O) groups excluding carboxylic acids is 1. The highest BCUT2D eigenvalue weighted by molar-refractivity contribution is 7.98. The molecule has 0 fully saturated rings. The summed E-state index contributed by atoms with van der Waals surface area (Å²) in [5.74, 6) is -0.135. The normalized spacial score (nSPS) is 10.4. The zero-order chi connectivity index (χ0) is 14.7. The molecule has 2 nitrogen and oxygen atoms in total. The number of nitrogens with one attached hydrogen (secondary N) is 1. The van der Waals surface area contributed by atoms with Gasteiger partial charge in [0.15, 0.2) is 0 Å². The number of hydrogen-bond donors (Lipinski definition) is 1. The van der Waals surface area contributed by atoms with Gasteiger partial charge in [-0.3, -0.25) is 4.79 Å². The maximum Gasteiger partial charge on any atom is 0.256 e. The van der Waals surface area contributed by atoms with E-state index in [9.17, 15) is 4.79 Å². The number of thioether (sulfide) groups is 1. The first-order valence-electron chi connectivity index (χ1n) is 6.24. The summed E-state index contributed by atoms with van der Waals surface area (Å²) in [4.78, 5) is 13.3. The van der Waals surface area contributed by atoms with Gasteiger partial charge in [-0.1, -0.05) is 29.8 Å². The molecule has 0 spiro atoms. The number of aryl methyl sites for hydroxylation is 2. The van der Waals surface area contributed by atoms with Crippen molar-refractivity contribution in [3.8, 4) is 0 Å². The molecule has 20 heavy (non-hydrogen) atoms. The lowest BCUT2D eigenvalue weighted by atomic mass is 10.1. The zero-order valence-corrected chi connectivity index (χ0v) is 13.2. The minimum Gasteiger partial charge on any atom is -0.320 e. The molecule has 0 unspecified atom stereocenters. The molecule has 0 bridgehead atoms. The summed E-state index contributed by atoms with van der Waals surface area (Å²) in [6.45, 7) is 3.92. The fourth-order valence-corrected chi connectivity index (χ4v) is 3.05. The second-order valence-electron chi connectivity index (χ2n) is 4.59. The summed E-state index contributed by atoms with van der Waals surface area (Å²) in [6, 6.07) is 11.4. The number of halogens is 1. The number of hydrogen-bond acceptors (Lipinski definition) is 2. The summed E-state index contributed by atoms with van der Waals surface area (Å²) in [5, 5.41) is 3.48. The van der Waals surface area contributed by atoms with E-state index in [0.29, 0.717) is 16.3 Å². The van der Waals surface area contributed by atoms with Gasteiger partial charge in [0.2, 0.25) is 0 Å². The second kappa shape index (κ2) is 6.33. The molecule has 0 aromatic heterocycles. The van der Waals surface area contributed by atoms with Crippen molar-refractivity contribution in [1.29, 1.82) is 0 Å². The first kappa shape index (κ1) is 14.9. The standard InChI is InChI=1S/C16H16ClNOS/c1-10-8-11(2)15(13(17)9-10)18-16(19)12-6-4-5-7-14(12)20-3/h4-9H,1-3H3,(H,18,19). The molecule has 4 heteroatoms.